The van der Waals surface area contributed by atoms with Gasteiger partial charge in [0.15, 0.2) is 0 Å². The minimum atomic E-state index is 0.0763. The molecule has 3 heteroatoms. The molecule has 4 aliphatic rings. The van der Waals surface area contributed by atoms with Gasteiger partial charge in [0.05, 0.1) is 0 Å². The van der Waals surface area contributed by atoms with Gasteiger partial charge in [-0.1, -0.05) is 161 Å². The molecule has 0 saturated carbocycles. The highest BCUT2D eigenvalue weighted by molar-refractivity contribution is 6.90. The van der Waals surface area contributed by atoms with E-state index in [1.807, 2.05) is 0 Å². The molecule has 1 nitrogen and oxygen atoms in total. The summed E-state index contributed by atoms with van der Waals surface area (Å²) in [5.41, 5.74) is 11.7. The number of anilines is 2. The molecule has 41 heavy (non-hydrogen) atoms. The summed E-state index contributed by atoms with van der Waals surface area (Å²) in [4.78, 5) is 2.76. The predicted molar refractivity (Wildman–Crippen MR) is 181 cm³/mol. The lowest BCUT2D eigenvalue weighted by molar-refractivity contribution is 0.589. The molecule has 3 aromatic rings. The number of benzene rings is 3. The molecule has 0 spiro atoms. The van der Waals surface area contributed by atoms with Gasteiger partial charge in [-0.25, -0.2) is 0 Å². The van der Waals surface area contributed by atoms with Crippen LogP contribution in [0.2, 0.25) is 11.6 Å². The third kappa shape index (κ3) is 4.32. The van der Waals surface area contributed by atoms with Crippen LogP contribution in [0.15, 0.2) is 115 Å². The van der Waals surface area contributed by atoms with Crippen molar-refractivity contribution >= 4 is 41.2 Å². The van der Waals surface area contributed by atoms with Crippen LogP contribution in [-0.2, 0) is 10.8 Å². The molecule has 0 fully saturated rings. The molecule has 3 aromatic carbocycles. The number of hydrogen-bond donors (Lipinski definition) is 0. The second-order valence-corrected chi connectivity index (χ2v) is 14.6. The standard InChI is InChI=1S/C38H41B2N/c1-37(2,3)26-20-22-30-34(24-26)41-35-25-27(38(4,5)6)21-23-31(35)40(29-16-11-8-12-17-29)33-19-13-18-32(36(33)41)39(30)28-14-9-7-10-15-28/h7-16,18-25,29,32,36H,17H2,1-6H3. The quantitative estimate of drug-likeness (QED) is 0.310. The van der Waals surface area contributed by atoms with E-state index in [1.54, 1.807) is 5.47 Å². The summed E-state index contributed by atoms with van der Waals surface area (Å²) < 4.78 is 0. The van der Waals surface area contributed by atoms with Crippen LogP contribution in [0.5, 0.6) is 0 Å². The number of rotatable bonds is 2. The SMILES string of the molecule is CC(C)(C)c1ccc2c(c1)N1c3cc(C(C)(C)C)ccc3B(c3ccccc3)C3C=CC=C(B2C2C=CC=CC2)C31. The van der Waals surface area contributed by atoms with Crippen molar-refractivity contribution < 1.29 is 0 Å². The molecule has 2 aliphatic heterocycles. The minimum Gasteiger partial charge on any atom is -0.336 e. The topological polar surface area (TPSA) is 3.24 Å². The molecule has 7 rings (SSSR count). The van der Waals surface area contributed by atoms with Crippen LogP contribution in [0.3, 0.4) is 0 Å². The van der Waals surface area contributed by atoms with Crippen molar-refractivity contribution in [3.8, 4) is 0 Å². The van der Waals surface area contributed by atoms with E-state index in [9.17, 15) is 0 Å². The summed E-state index contributed by atoms with van der Waals surface area (Å²) in [5, 5.41) is 0. The number of fused-ring (bicyclic) bond motifs is 4. The Morgan fingerprint density at radius 2 is 1.32 bits per heavy atom. The van der Waals surface area contributed by atoms with Crippen LogP contribution in [0, 0.1) is 0 Å². The van der Waals surface area contributed by atoms with E-state index in [0.29, 0.717) is 31.1 Å². The summed E-state index contributed by atoms with van der Waals surface area (Å²) >= 11 is 0. The fourth-order valence-corrected chi connectivity index (χ4v) is 7.79. The number of allylic oxidation sites excluding steroid dienone is 6. The molecule has 0 N–H and O–H groups in total. The molecular formula is C38H41B2N. The molecule has 3 unspecified atom stereocenters. The van der Waals surface area contributed by atoms with Crippen LogP contribution in [0.1, 0.15) is 59.1 Å². The Kier molecular flexibility index (Phi) is 6.16. The van der Waals surface area contributed by atoms with Crippen molar-refractivity contribution in [1.29, 1.82) is 0 Å². The Morgan fingerprint density at radius 3 is 1.90 bits per heavy atom. The van der Waals surface area contributed by atoms with Gasteiger partial charge < -0.3 is 4.90 Å². The lowest BCUT2D eigenvalue weighted by Crippen LogP contribution is -2.64. The second kappa shape index (κ2) is 9.55. The maximum absolute atomic E-state index is 2.76. The highest BCUT2D eigenvalue weighted by Gasteiger charge is 2.52. The van der Waals surface area contributed by atoms with E-state index in [2.05, 4.69) is 156 Å². The fourth-order valence-electron chi connectivity index (χ4n) is 7.79. The van der Waals surface area contributed by atoms with Gasteiger partial charge in [0, 0.05) is 17.4 Å². The van der Waals surface area contributed by atoms with Crippen LogP contribution in [-0.4, -0.2) is 19.5 Å². The summed E-state index contributed by atoms with van der Waals surface area (Å²) in [6, 6.07) is 26.3. The van der Waals surface area contributed by atoms with Gasteiger partial charge in [-0.3, -0.25) is 0 Å². The van der Waals surface area contributed by atoms with Crippen LogP contribution >= 0.6 is 0 Å². The number of hydrogen-bond acceptors (Lipinski definition) is 1. The molecule has 0 bridgehead atoms. The Bertz CT molecular complexity index is 1610. The average molecular weight is 533 g/mol. The predicted octanol–water partition coefficient (Wildman–Crippen LogP) is 7.42. The zero-order valence-electron chi connectivity index (χ0n) is 25.4. The first-order valence-corrected chi connectivity index (χ1v) is 15.5. The Morgan fingerprint density at radius 1 is 0.683 bits per heavy atom. The van der Waals surface area contributed by atoms with Gasteiger partial charge in [0.2, 0.25) is 13.4 Å². The summed E-state index contributed by atoms with van der Waals surface area (Å²) in [6.07, 6.45) is 17.7. The smallest absolute Gasteiger partial charge is 0.221 e. The van der Waals surface area contributed by atoms with Crippen LogP contribution in [0.25, 0.3) is 0 Å². The maximum Gasteiger partial charge on any atom is 0.221 e. The Balaban J connectivity index is 1.54. The second-order valence-electron chi connectivity index (χ2n) is 14.6. The highest BCUT2D eigenvalue weighted by atomic mass is 15.2. The van der Waals surface area contributed by atoms with Crippen molar-refractivity contribution in [1.82, 2.24) is 0 Å². The Labute approximate surface area is 247 Å². The summed E-state index contributed by atoms with van der Waals surface area (Å²) in [6.45, 7) is 14.7. The van der Waals surface area contributed by atoms with E-state index < -0.39 is 0 Å². The molecule has 2 aliphatic carbocycles. The third-order valence-corrected chi connectivity index (χ3v) is 9.93. The molecular weight excluding hydrogens is 492 g/mol. The molecule has 0 saturated heterocycles. The van der Waals surface area contributed by atoms with Crippen molar-refractivity contribution in [2.24, 2.45) is 0 Å². The molecule has 0 aromatic heterocycles. The molecule has 204 valence electrons. The van der Waals surface area contributed by atoms with E-state index >= 15 is 0 Å². The van der Waals surface area contributed by atoms with Crippen molar-refractivity contribution in [3.63, 3.8) is 0 Å². The minimum absolute atomic E-state index is 0.0763. The average Bonchev–Trinajstić information content (AvgIpc) is 2.96. The normalized spacial score (nSPS) is 22.7. The first-order chi connectivity index (χ1) is 19.6. The van der Waals surface area contributed by atoms with E-state index in [4.69, 9.17) is 0 Å². The first kappa shape index (κ1) is 26.4. The van der Waals surface area contributed by atoms with Crippen LogP contribution < -0.4 is 21.3 Å². The largest absolute Gasteiger partial charge is 0.336 e. The molecule has 0 radical (unpaired) electrons. The van der Waals surface area contributed by atoms with E-state index in [0.717, 1.165) is 6.42 Å². The van der Waals surface area contributed by atoms with Gasteiger partial charge in [0.1, 0.15) is 0 Å². The van der Waals surface area contributed by atoms with Gasteiger partial charge in [0.25, 0.3) is 0 Å². The van der Waals surface area contributed by atoms with Gasteiger partial charge in [-0.05, 0) is 52.1 Å². The summed E-state index contributed by atoms with van der Waals surface area (Å²) in [7, 11) is 0. The van der Waals surface area contributed by atoms with E-state index in [-0.39, 0.29) is 10.8 Å². The third-order valence-electron chi connectivity index (χ3n) is 9.93. The highest BCUT2D eigenvalue weighted by Crippen LogP contribution is 2.49. The first-order valence-electron chi connectivity index (χ1n) is 15.5. The van der Waals surface area contributed by atoms with Crippen molar-refractivity contribution in [3.05, 3.63) is 126 Å². The molecule has 0 amide bonds. The Hall–Kier alpha value is -3.45. The van der Waals surface area contributed by atoms with E-state index in [1.165, 1.54) is 38.9 Å². The van der Waals surface area contributed by atoms with Gasteiger partial charge >= 0.3 is 0 Å². The maximum atomic E-state index is 2.76. The zero-order valence-corrected chi connectivity index (χ0v) is 25.4. The zero-order chi connectivity index (χ0) is 28.5. The summed E-state index contributed by atoms with van der Waals surface area (Å²) in [5.74, 6) is 0.833. The van der Waals surface area contributed by atoms with Gasteiger partial charge in [-0.15, -0.1) is 0 Å². The molecule has 2 heterocycles. The molecule has 3 atom stereocenters. The fraction of sp³-hybridized carbons (Fsp3) is 0.316. The number of nitrogens with zero attached hydrogens (tertiary/aromatic N) is 1. The van der Waals surface area contributed by atoms with Crippen molar-refractivity contribution in [2.45, 2.75) is 76.5 Å². The lowest BCUT2D eigenvalue weighted by Gasteiger charge is -2.54. The monoisotopic (exact) mass is 533 g/mol. The lowest BCUT2D eigenvalue weighted by atomic mass is 9.23. The van der Waals surface area contributed by atoms with Gasteiger partial charge in [-0.2, -0.15) is 0 Å². The van der Waals surface area contributed by atoms with Crippen molar-refractivity contribution in [2.75, 3.05) is 4.90 Å². The van der Waals surface area contributed by atoms with Crippen LogP contribution in [0.4, 0.5) is 11.4 Å².